The Morgan fingerprint density at radius 1 is 0.358 bits per heavy atom. The highest BCUT2D eigenvalue weighted by atomic mass is 32.1. The molecule has 0 atom stereocenters. The molecule has 0 aliphatic heterocycles. The maximum absolute atomic E-state index is 2.42. The summed E-state index contributed by atoms with van der Waals surface area (Å²) >= 11 is 1.85. The molecule has 0 saturated heterocycles. The molecule has 2 heterocycles. The van der Waals surface area contributed by atoms with Crippen LogP contribution in [0.15, 0.2) is 194 Å². The van der Waals surface area contributed by atoms with Crippen molar-refractivity contribution < 1.29 is 0 Å². The van der Waals surface area contributed by atoms with Gasteiger partial charge < -0.3 is 9.47 Å². The molecular formula is C50H32N2S. The van der Waals surface area contributed by atoms with Crippen molar-refractivity contribution in [2.24, 2.45) is 0 Å². The second kappa shape index (κ2) is 11.9. The summed E-state index contributed by atoms with van der Waals surface area (Å²) in [6.45, 7) is 0. The number of benzene rings is 9. The van der Waals surface area contributed by atoms with E-state index in [4.69, 9.17) is 0 Å². The number of thiophene rings is 1. The van der Waals surface area contributed by atoms with E-state index < -0.39 is 0 Å². The van der Waals surface area contributed by atoms with Crippen LogP contribution in [0.5, 0.6) is 0 Å². The lowest BCUT2D eigenvalue weighted by Gasteiger charge is -2.26. The quantitative estimate of drug-likeness (QED) is 0.158. The van der Waals surface area contributed by atoms with Crippen LogP contribution >= 0.6 is 11.3 Å². The number of rotatable bonds is 6. The summed E-state index contributed by atoms with van der Waals surface area (Å²) in [5.41, 5.74) is 11.8. The summed E-state index contributed by atoms with van der Waals surface area (Å²) in [5.74, 6) is 0. The van der Waals surface area contributed by atoms with Crippen LogP contribution in [0.2, 0.25) is 0 Å². The average Bonchev–Trinajstić information content (AvgIpc) is 3.78. The van der Waals surface area contributed by atoms with Crippen molar-refractivity contribution in [3.63, 3.8) is 0 Å². The van der Waals surface area contributed by atoms with E-state index in [2.05, 4.69) is 204 Å². The van der Waals surface area contributed by atoms with Crippen molar-refractivity contribution >= 4 is 81.1 Å². The van der Waals surface area contributed by atoms with E-state index in [-0.39, 0.29) is 0 Å². The Hall–Kier alpha value is -6.68. The SMILES string of the molecule is c1ccc(-c2ccc(N(c3ccc(-c4cccc(-n5c6cccc7ccc8cccc5c8c76)c4)cc3)c3ccc4sc5ccccc5c4c3)cc2)cc1. The highest BCUT2D eigenvalue weighted by Gasteiger charge is 2.18. The van der Waals surface area contributed by atoms with Crippen LogP contribution < -0.4 is 4.90 Å². The summed E-state index contributed by atoms with van der Waals surface area (Å²) in [7, 11) is 0. The number of anilines is 3. The van der Waals surface area contributed by atoms with E-state index in [9.17, 15) is 0 Å². The second-order valence-electron chi connectivity index (χ2n) is 13.8. The predicted octanol–water partition coefficient (Wildman–Crippen LogP) is 14.5. The first-order valence-electron chi connectivity index (χ1n) is 18.1. The molecule has 0 aliphatic rings. The van der Waals surface area contributed by atoms with Crippen LogP contribution in [0, 0.1) is 0 Å². The summed E-state index contributed by atoms with van der Waals surface area (Å²) in [6.07, 6.45) is 0. The van der Waals surface area contributed by atoms with Gasteiger partial charge in [-0.05, 0) is 106 Å². The van der Waals surface area contributed by atoms with Gasteiger partial charge >= 0.3 is 0 Å². The molecule has 11 aromatic rings. The minimum Gasteiger partial charge on any atom is -0.310 e. The molecule has 0 fully saturated rings. The lowest BCUT2D eigenvalue weighted by atomic mass is 10.0. The zero-order chi connectivity index (χ0) is 34.9. The van der Waals surface area contributed by atoms with Crippen LogP contribution in [-0.4, -0.2) is 4.57 Å². The van der Waals surface area contributed by atoms with Gasteiger partial charge in [0.1, 0.15) is 0 Å². The van der Waals surface area contributed by atoms with Crippen molar-refractivity contribution in [3.05, 3.63) is 194 Å². The molecule has 53 heavy (non-hydrogen) atoms. The molecule has 0 saturated carbocycles. The van der Waals surface area contributed by atoms with Gasteiger partial charge in [-0.3, -0.25) is 0 Å². The molecule has 11 rings (SSSR count). The standard InChI is InChI=1S/C50H32N2S/c1-2-9-33(10-3-1)34-21-25-39(26-22-34)51(42-29-30-48-44(32-42)43-15-4-5-18-47(43)53-48)40-27-23-35(24-28-40)38-13-6-14-41(31-38)52-45-16-7-11-36-19-20-37-12-8-17-46(52)50(37)49(36)45/h1-32H. The molecule has 9 aromatic carbocycles. The number of aromatic nitrogens is 1. The van der Waals surface area contributed by atoms with Crippen molar-refractivity contribution in [3.8, 4) is 27.9 Å². The van der Waals surface area contributed by atoms with Crippen molar-refractivity contribution in [2.75, 3.05) is 4.90 Å². The molecule has 0 bridgehead atoms. The Morgan fingerprint density at radius 2 is 0.906 bits per heavy atom. The highest BCUT2D eigenvalue weighted by Crippen LogP contribution is 2.42. The van der Waals surface area contributed by atoms with Gasteiger partial charge in [0.25, 0.3) is 0 Å². The van der Waals surface area contributed by atoms with Gasteiger partial charge in [0.05, 0.1) is 11.0 Å². The Morgan fingerprint density at radius 3 is 1.60 bits per heavy atom. The van der Waals surface area contributed by atoms with Gasteiger partial charge in [0, 0.05) is 53.7 Å². The summed E-state index contributed by atoms with van der Waals surface area (Å²) < 4.78 is 5.04. The van der Waals surface area contributed by atoms with Crippen LogP contribution in [0.1, 0.15) is 0 Å². The maximum Gasteiger partial charge on any atom is 0.0547 e. The second-order valence-corrected chi connectivity index (χ2v) is 14.9. The highest BCUT2D eigenvalue weighted by molar-refractivity contribution is 7.25. The summed E-state index contributed by atoms with van der Waals surface area (Å²) in [4.78, 5) is 2.38. The lowest BCUT2D eigenvalue weighted by molar-refractivity contribution is 1.18. The van der Waals surface area contributed by atoms with E-state index >= 15 is 0 Å². The molecule has 2 aromatic heterocycles. The van der Waals surface area contributed by atoms with Gasteiger partial charge in [0.15, 0.2) is 0 Å². The third-order valence-electron chi connectivity index (χ3n) is 10.7. The Labute approximate surface area is 311 Å². The van der Waals surface area contributed by atoms with Crippen LogP contribution in [-0.2, 0) is 0 Å². The lowest BCUT2D eigenvalue weighted by Crippen LogP contribution is -2.09. The molecule has 3 heteroatoms. The first kappa shape index (κ1) is 30.0. The predicted molar refractivity (Wildman–Crippen MR) is 228 cm³/mol. The van der Waals surface area contributed by atoms with Crippen LogP contribution in [0.25, 0.3) is 80.7 Å². The Kier molecular flexibility index (Phi) is 6.76. The van der Waals surface area contributed by atoms with E-state index in [1.165, 1.54) is 80.7 Å². The molecule has 2 nitrogen and oxygen atoms in total. The first-order valence-corrected chi connectivity index (χ1v) is 18.9. The van der Waals surface area contributed by atoms with Gasteiger partial charge in [-0.2, -0.15) is 0 Å². The molecule has 0 radical (unpaired) electrons. The van der Waals surface area contributed by atoms with Crippen molar-refractivity contribution in [1.29, 1.82) is 0 Å². The Bertz CT molecular complexity index is 3030. The Balaban J connectivity index is 1.01. The normalized spacial score (nSPS) is 11.8. The molecule has 0 amide bonds. The van der Waals surface area contributed by atoms with Gasteiger partial charge in [-0.25, -0.2) is 0 Å². The fraction of sp³-hybridized carbons (Fsp3) is 0. The maximum atomic E-state index is 2.42. The van der Waals surface area contributed by atoms with Crippen LogP contribution in [0.4, 0.5) is 17.1 Å². The fourth-order valence-corrected chi connectivity index (χ4v) is 9.35. The van der Waals surface area contributed by atoms with E-state index in [0.717, 1.165) is 17.1 Å². The fourth-order valence-electron chi connectivity index (χ4n) is 8.26. The number of hydrogen-bond donors (Lipinski definition) is 0. The number of fused-ring (bicyclic) bond motifs is 3. The number of hydrogen-bond acceptors (Lipinski definition) is 2. The molecule has 0 unspecified atom stereocenters. The van der Waals surface area contributed by atoms with Gasteiger partial charge in [-0.1, -0.05) is 121 Å². The van der Waals surface area contributed by atoms with E-state index in [1.807, 2.05) is 11.3 Å². The zero-order valence-corrected chi connectivity index (χ0v) is 29.6. The monoisotopic (exact) mass is 692 g/mol. The summed E-state index contributed by atoms with van der Waals surface area (Å²) in [6, 6.07) is 70.9. The molecule has 248 valence electrons. The minimum absolute atomic E-state index is 1.12. The van der Waals surface area contributed by atoms with E-state index in [1.54, 1.807) is 0 Å². The van der Waals surface area contributed by atoms with E-state index in [0.29, 0.717) is 0 Å². The van der Waals surface area contributed by atoms with Crippen molar-refractivity contribution in [1.82, 2.24) is 4.57 Å². The van der Waals surface area contributed by atoms with Gasteiger partial charge in [-0.15, -0.1) is 11.3 Å². The smallest absolute Gasteiger partial charge is 0.0547 e. The first-order chi connectivity index (χ1) is 26.3. The third-order valence-corrected chi connectivity index (χ3v) is 11.9. The molecular weight excluding hydrogens is 661 g/mol. The largest absolute Gasteiger partial charge is 0.310 e. The van der Waals surface area contributed by atoms with Crippen molar-refractivity contribution in [2.45, 2.75) is 0 Å². The minimum atomic E-state index is 1.12. The summed E-state index contributed by atoms with van der Waals surface area (Å²) in [5, 5.41) is 7.82. The molecule has 0 spiro atoms. The average molecular weight is 693 g/mol. The molecule has 0 N–H and O–H groups in total. The number of nitrogens with zero attached hydrogens (tertiary/aromatic N) is 2. The van der Waals surface area contributed by atoms with Gasteiger partial charge in [0.2, 0.25) is 0 Å². The zero-order valence-electron chi connectivity index (χ0n) is 28.8. The third kappa shape index (κ3) is 4.86. The van der Waals surface area contributed by atoms with Crippen LogP contribution in [0.3, 0.4) is 0 Å². The topological polar surface area (TPSA) is 8.17 Å². The molecule has 0 aliphatic carbocycles.